The Kier molecular flexibility index (Phi) is 3.09. The van der Waals surface area contributed by atoms with E-state index in [0.29, 0.717) is 18.1 Å². The molecule has 2 unspecified atom stereocenters. The van der Waals surface area contributed by atoms with Gasteiger partial charge in [0.25, 0.3) is 0 Å². The highest BCUT2D eigenvalue weighted by Crippen LogP contribution is 2.42. The van der Waals surface area contributed by atoms with Crippen LogP contribution in [0.2, 0.25) is 0 Å². The average Bonchev–Trinajstić information content (AvgIpc) is 2.94. The summed E-state index contributed by atoms with van der Waals surface area (Å²) in [5, 5.41) is 4.00. The van der Waals surface area contributed by atoms with Crippen LogP contribution in [0.25, 0.3) is 0 Å². The maximum Gasteiger partial charge on any atom is 0.235 e. The number of benzene rings is 1. The van der Waals surface area contributed by atoms with E-state index >= 15 is 0 Å². The second-order valence-electron chi connectivity index (χ2n) is 4.63. The van der Waals surface area contributed by atoms with Gasteiger partial charge in [-0.2, -0.15) is 4.98 Å². The van der Waals surface area contributed by atoms with Crippen molar-refractivity contribution in [2.45, 2.75) is 30.2 Å². The summed E-state index contributed by atoms with van der Waals surface area (Å²) in [4.78, 5) is 5.77. The maximum absolute atomic E-state index is 5.74. The first-order valence-electron chi connectivity index (χ1n) is 6.04. The van der Waals surface area contributed by atoms with Gasteiger partial charge in [0.2, 0.25) is 5.89 Å². The lowest BCUT2D eigenvalue weighted by Gasteiger charge is -2.03. The molecule has 0 amide bonds. The van der Waals surface area contributed by atoms with E-state index in [1.54, 1.807) is 0 Å². The summed E-state index contributed by atoms with van der Waals surface area (Å²) in [6.07, 6.45) is 0.658. The third kappa shape index (κ3) is 2.15. The van der Waals surface area contributed by atoms with E-state index < -0.39 is 0 Å². The third-order valence-electron chi connectivity index (χ3n) is 2.99. The number of hydrogen-bond donors (Lipinski definition) is 1. The van der Waals surface area contributed by atoms with E-state index in [2.05, 4.69) is 34.4 Å². The summed E-state index contributed by atoms with van der Waals surface area (Å²) in [6, 6.07) is 8.44. The number of aromatic nitrogens is 2. The van der Waals surface area contributed by atoms with Gasteiger partial charge in [-0.15, -0.1) is 11.8 Å². The molecule has 1 aliphatic heterocycles. The van der Waals surface area contributed by atoms with Gasteiger partial charge in [0.15, 0.2) is 5.82 Å². The van der Waals surface area contributed by atoms with Crippen LogP contribution in [-0.2, 0) is 6.42 Å². The lowest BCUT2D eigenvalue weighted by atomic mass is 10.0. The molecule has 0 fully saturated rings. The molecule has 2 N–H and O–H groups in total. The highest BCUT2D eigenvalue weighted by atomic mass is 32.2. The number of fused-ring (bicyclic) bond motifs is 1. The van der Waals surface area contributed by atoms with Crippen LogP contribution in [0.15, 0.2) is 33.7 Å². The lowest BCUT2D eigenvalue weighted by Crippen LogP contribution is -2.18. The molecule has 94 valence electrons. The molecule has 0 aliphatic carbocycles. The van der Waals surface area contributed by atoms with Crippen molar-refractivity contribution in [3.63, 3.8) is 0 Å². The maximum atomic E-state index is 5.74. The molecule has 4 nitrogen and oxygen atoms in total. The smallest absolute Gasteiger partial charge is 0.235 e. The molecule has 1 aliphatic rings. The number of nitrogens with two attached hydrogens (primary N) is 1. The lowest BCUT2D eigenvalue weighted by molar-refractivity contribution is 0.366. The van der Waals surface area contributed by atoms with Crippen molar-refractivity contribution >= 4 is 11.8 Å². The number of nitrogens with zero attached hydrogens (tertiary/aromatic N) is 2. The quantitative estimate of drug-likeness (QED) is 0.917. The van der Waals surface area contributed by atoms with Crippen LogP contribution < -0.4 is 5.73 Å². The molecule has 0 saturated heterocycles. The minimum absolute atomic E-state index is 0.0562. The molecule has 1 aromatic heterocycles. The highest BCUT2D eigenvalue weighted by Gasteiger charge is 2.28. The van der Waals surface area contributed by atoms with Crippen LogP contribution in [0.1, 0.15) is 30.1 Å². The first-order valence-corrected chi connectivity index (χ1v) is 7.02. The largest absolute Gasteiger partial charge is 0.339 e. The van der Waals surface area contributed by atoms with Crippen LogP contribution >= 0.6 is 11.8 Å². The fourth-order valence-corrected chi connectivity index (χ4v) is 3.37. The zero-order chi connectivity index (χ0) is 12.5. The summed E-state index contributed by atoms with van der Waals surface area (Å²) in [6.45, 7) is 1.94. The van der Waals surface area contributed by atoms with Crippen molar-refractivity contribution < 1.29 is 4.52 Å². The van der Waals surface area contributed by atoms with Crippen molar-refractivity contribution in [2.24, 2.45) is 5.73 Å². The summed E-state index contributed by atoms with van der Waals surface area (Å²) in [7, 11) is 0. The number of rotatable bonds is 3. The molecular weight excluding hydrogens is 246 g/mol. The highest BCUT2D eigenvalue weighted by molar-refractivity contribution is 7.99. The van der Waals surface area contributed by atoms with Crippen LogP contribution in [-0.4, -0.2) is 21.9 Å². The normalized spacial score (nSPS) is 19.8. The van der Waals surface area contributed by atoms with Gasteiger partial charge in [-0.1, -0.05) is 23.4 Å². The standard InChI is InChI=1S/C13H15N3OS/c1-8(14)6-12-15-13(17-16-12)10-7-18-11-5-3-2-4-9(10)11/h2-5,8,10H,6-7,14H2,1H3. The van der Waals surface area contributed by atoms with Gasteiger partial charge in [-0.3, -0.25) is 0 Å². The third-order valence-corrected chi connectivity index (χ3v) is 4.17. The molecule has 0 saturated carbocycles. The first kappa shape index (κ1) is 11.7. The van der Waals surface area contributed by atoms with E-state index in [9.17, 15) is 0 Å². The zero-order valence-electron chi connectivity index (χ0n) is 10.2. The van der Waals surface area contributed by atoms with Crippen molar-refractivity contribution in [1.29, 1.82) is 0 Å². The van der Waals surface area contributed by atoms with Gasteiger partial charge < -0.3 is 10.3 Å². The van der Waals surface area contributed by atoms with E-state index in [1.165, 1.54) is 10.5 Å². The zero-order valence-corrected chi connectivity index (χ0v) is 11.0. The molecule has 5 heteroatoms. The van der Waals surface area contributed by atoms with Crippen molar-refractivity contribution in [3.8, 4) is 0 Å². The van der Waals surface area contributed by atoms with Gasteiger partial charge in [0.05, 0.1) is 5.92 Å². The Bertz CT molecular complexity index is 553. The predicted octanol–water partition coefficient (Wildman–Crippen LogP) is 2.20. The summed E-state index contributed by atoms with van der Waals surface area (Å²) in [5.74, 6) is 2.61. The molecule has 0 radical (unpaired) electrons. The SMILES string of the molecule is CC(N)Cc1noc(C2CSc3ccccc32)n1. The Morgan fingerprint density at radius 1 is 1.50 bits per heavy atom. The summed E-state index contributed by atoms with van der Waals surface area (Å²) >= 11 is 1.84. The number of hydrogen-bond acceptors (Lipinski definition) is 5. The van der Waals surface area contributed by atoms with Gasteiger partial charge in [0, 0.05) is 23.1 Å². The topological polar surface area (TPSA) is 64.9 Å². The molecule has 2 atom stereocenters. The molecule has 1 aromatic carbocycles. The average molecular weight is 261 g/mol. The first-order chi connectivity index (χ1) is 8.74. The monoisotopic (exact) mass is 261 g/mol. The van der Waals surface area contributed by atoms with Crippen molar-refractivity contribution in [3.05, 3.63) is 41.5 Å². The van der Waals surface area contributed by atoms with E-state index in [4.69, 9.17) is 10.3 Å². The van der Waals surface area contributed by atoms with Crippen LogP contribution in [0, 0.1) is 0 Å². The Morgan fingerprint density at radius 2 is 2.33 bits per heavy atom. The van der Waals surface area contributed by atoms with Crippen LogP contribution in [0.4, 0.5) is 0 Å². The molecule has 0 spiro atoms. The fraction of sp³-hybridized carbons (Fsp3) is 0.385. The van der Waals surface area contributed by atoms with Crippen LogP contribution in [0.5, 0.6) is 0 Å². The molecule has 18 heavy (non-hydrogen) atoms. The molecular formula is C13H15N3OS. The molecule has 2 aromatic rings. The number of thioether (sulfide) groups is 1. The summed E-state index contributed by atoms with van der Waals surface area (Å²) < 4.78 is 5.38. The molecule has 2 heterocycles. The molecule has 3 rings (SSSR count). The minimum atomic E-state index is 0.0562. The second-order valence-corrected chi connectivity index (χ2v) is 5.69. The van der Waals surface area contributed by atoms with E-state index in [-0.39, 0.29) is 12.0 Å². The Labute approximate surface area is 110 Å². The van der Waals surface area contributed by atoms with E-state index in [1.807, 2.05) is 18.7 Å². The summed E-state index contributed by atoms with van der Waals surface area (Å²) in [5.41, 5.74) is 7.03. The fourth-order valence-electron chi connectivity index (χ4n) is 2.15. The second kappa shape index (κ2) is 4.74. The van der Waals surface area contributed by atoms with Gasteiger partial charge in [-0.25, -0.2) is 0 Å². The Morgan fingerprint density at radius 3 is 3.17 bits per heavy atom. The predicted molar refractivity (Wildman–Crippen MR) is 70.7 cm³/mol. The Balaban J connectivity index is 1.86. The van der Waals surface area contributed by atoms with E-state index in [0.717, 1.165) is 5.75 Å². The minimum Gasteiger partial charge on any atom is -0.339 e. The molecule has 0 bridgehead atoms. The van der Waals surface area contributed by atoms with Crippen molar-refractivity contribution in [1.82, 2.24) is 10.1 Å². The Hall–Kier alpha value is -1.33. The van der Waals surface area contributed by atoms with Crippen molar-refractivity contribution in [2.75, 3.05) is 5.75 Å². The van der Waals surface area contributed by atoms with Crippen LogP contribution in [0.3, 0.4) is 0 Å². The van der Waals surface area contributed by atoms with Gasteiger partial charge in [-0.05, 0) is 18.6 Å². The van der Waals surface area contributed by atoms with Gasteiger partial charge in [0.1, 0.15) is 0 Å². The van der Waals surface area contributed by atoms with Gasteiger partial charge >= 0.3 is 0 Å².